The standard InChI is InChI=1S/C7H15Cl3N.3BF4/c1-4-7(5-2,6-3)11(8,9)10;3*2-1(3,4)5/h4-6H2,1-3H3;;;/q+1;3*-1. The molecule has 0 aliphatic heterocycles. The zero-order valence-corrected chi connectivity index (χ0v) is 15.7. The topological polar surface area (TPSA) is 0 Å². The first-order valence-corrected chi connectivity index (χ1v) is 7.55. The summed E-state index contributed by atoms with van der Waals surface area (Å²) in [4.78, 5) is 0. The van der Waals surface area contributed by atoms with Crippen LogP contribution in [0.5, 0.6) is 0 Å². The van der Waals surface area contributed by atoms with E-state index >= 15 is 0 Å². The molecule has 0 heterocycles. The van der Waals surface area contributed by atoms with Gasteiger partial charge in [-0.25, -0.2) is 0 Å². The van der Waals surface area contributed by atoms with Crippen molar-refractivity contribution < 1.29 is 54.8 Å². The largest absolute Gasteiger partial charge is 0.673 e. The van der Waals surface area contributed by atoms with E-state index in [1.165, 1.54) is 0 Å². The van der Waals surface area contributed by atoms with Crippen LogP contribution in [-0.2, 0) is 0 Å². The van der Waals surface area contributed by atoms with Gasteiger partial charge in [-0.1, -0.05) is 20.8 Å². The van der Waals surface area contributed by atoms with Gasteiger partial charge in [0.1, 0.15) is 0 Å². The van der Waals surface area contributed by atoms with Gasteiger partial charge in [0.2, 0.25) is 35.3 Å². The van der Waals surface area contributed by atoms with Gasteiger partial charge in [-0.15, -0.1) is 0 Å². The van der Waals surface area contributed by atoms with Gasteiger partial charge in [-0.05, 0) is 3.04 Å². The lowest BCUT2D eigenvalue weighted by atomic mass is 9.91. The van der Waals surface area contributed by atoms with Crippen molar-refractivity contribution in [2.75, 3.05) is 0 Å². The van der Waals surface area contributed by atoms with Crippen LogP contribution in [-0.4, -0.2) is 30.3 Å². The second-order valence-electron chi connectivity index (χ2n) is 4.21. The van der Waals surface area contributed by atoms with E-state index in [9.17, 15) is 51.8 Å². The van der Waals surface area contributed by atoms with Crippen LogP contribution in [0.3, 0.4) is 0 Å². The molecular weight excluding hydrogens is 465 g/mol. The summed E-state index contributed by atoms with van der Waals surface area (Å²) in [5, 5.41) is 0. The van der Waals surface area contributed by atoms with E-state index in [1.807, 2.05) is 20.8 Å². The number of quaternary nitrogens is 1. The molecular formula is C7H15B3Cl3F12N-2. The molecule has 0 amide bonds. The Labute approximate surface area is 158 Å². The Balaban J connectivity index is -0.000000136. The first kappa shape index (κ1) is 33.7. The molecule has 0 N–H and O–H groups in total. The van der Waals surface area contributed by atoms with E-state index in [0.717, 1.165) is 19.3 Å². The summed E-state index contributed by atoms with van der Waals surface area (Å²) in [6, 6.07) is 0. The van der Waals surface area contributed by atoms with Gasteiger partial charge >= 0.3 is 21.8 Å². The molecule has 0 saturated carbocycles. The molecule has 0 rings (SSSR count). The summed E-state index contributed by atoms with van der Waals surface area (Å²) in [6.45, 7) is 6.15. The average Bonchev–Trinajstić information content (AvgIpc) is 2.23. The van der Waals surface area contributed by atoms with Gasteiger partial charge in [0.25, 0.3) is 0 Å². The molecule has 0 atom stereocenters. The average molecular weight is 480 g/mol. The fraction of sp³-hybridized carbons (Fsp3) is 1.00. The number of rotatable bonds is 4. The Hall–Kier alpha value is 0.185. The Morgan fingerprint density at radius 2 is 0.654 bits per heavy atom. The van der Waals surface area contributed by atoms with Crippen LogP contribution in [0.2, 0.25) is 0 Å². The predicted octanol–water partition coefficient (Wildman–Crippen LogP) is 8.13. The summed E-state index contributed by atoms with van der Waals surface area (Å²) in [5.74, 6) is 0. The SMILES string of the molecule is CCC(CC)(CC)[N+](Cl)(Cl)Cl.F[B-](F)(F)F.F[B-](F)(F)F.F[B-](F)(F)F. The minimum absolute atomic E-state index is 0.204. The molecule has 0 aromatic heterocycles. The predicted molar refractivity (Wildman–Crippen MR) is 82.0 cm³/mol. The van der Waals surface area contributed by atoms with Crippen molar-refractivity contribution >= 4 is 57.1 Å². The molecule has 0 radical (unpaired) electrons. The van der Waals surface area contributed by atoms with Gasteiger partial charge in [-0.2, -0.15) is 0 Å². The van der Waals surface area contributed by atoms with Gasteiger partial charge in [-0.3, -0.25) is 0 Å². The molecule has 0 spiro atoms. The molecule has 0 aromatic carbocycles. The third kappa shape index (κ3) is 39.3. The van der Waals surface area contributed by atoms with E-state index in [1.54, 1.807) is 0 Å². The first-order chi connectivity index (χ1) is 10.9. The Kier molecular flexibility index (Phi) is 17.4. The molecule has 164 valence electrons. The highest BCUT2D eigenvalue weighted by Gasteiger charge is 2.47. The third-order valence-electron chi connectivity index (χ3n) is 2.51. The zero-order chi connectivity index (χ0) is 22.6. The smallest absolute Gasteiger partial charge is 0.418 e. The van der Waals surface area contributed by atoms with Crippen LogP contribution >= 0.6 is 35.3 Å². The van der Waals surface area contributed by atoms with E-state index in [4.69, 9.17) is 35.3 Å². The molecule has 0 aliphatic rings. The zero-order valence-electron chi connectivity index (χ0n) is 13.5. The summed E-state index contributed by atoms with van der Waals surface area (Å²) in [6.07, 6.45) is 2.66. The van der Waals surface area contributed by atoms with Gasteiger partial charge in [0.05, 0.1) is 0 Å². The third-order valence-corrected chi connectivity index (χ3v) is 3.59. The minimum Gasteiger partial charge on any atom is -0.418 e. The molecule has 0 saturated heterocycles. The summed E-state index contributed by atoms with van der Waals surface area (Å²) in [5.41, 5.74) is -0.204. The van der Waals surface area contributed by atoms with Gasteiger partial charge < -0.3 is 51.8 Å². The Morgan fingerprint density at radius 1 is 0.538 bits per heavy atom. The second-order valence-corrected chi connectivity index (χ2v) is 6.26. The van der Waals surface area contributed by atoms with E-state index < -0.39 is 24.8 Å². The van der Waals surface area contributed by atoms with Crippen molar-refractivity contribution in [1.82, 2.24) is 0 Å². The highest BCUT2D eigenvalue weighted by Crippen LogP contribution is 2.42. The van der Waals surface area contributed by atoms with Crippen molar-refractivity contribution in [3.05, 3.63) is 0 Å². The van der Waals surface area contributed by atoms with Crippen LogP contribution in [0.15, 0.2) is 0 Å². The van der Waals surface area contributed by atoms with Crippen LogP contribution in [0, 0.1) is 0 Å². The molecule has 0 bridgehead atoms. The van der Waals surface area contributed by atoms with Crippen molar-refractivity contribution in [3.8, 4) is 0 Å². The summed E-state index contributed by atoms with van der Waals surface area (Å²) < 4.78 is 117. The number of hydrogen-bond donors (Lipinski definition) is 0. The summed E-state index contributed by atoms with van der Waals surface area (Å²) in [7, 11) is -18.0. The van der Waals surface area contributed by atoms with Crippen molar-refractivity contribution in [2.24, 2.45) is 0 Å². The van der Waals surface area contributed by atoms with Gasteiger partial charge in [0, 0.05) is 19.3 Å². The molecule has 0 unspecified atom stereocenters. The van der Waals surface area contributed by atoms with Crippen LogP contribution in [0.25, 0.3) is 0 Å². The highest BCUT2D eigenvalue weighted by molar-refractivity contribution is 6.50. The number of nitrogens with zero attached hydrogens (tertiary/aromatic N) is 1. The Morgan fingerprint density at radius 3 is 0.654 bits per heavy atom. The van der Waals surface area contributed by atoms with Crippen LogP contribution in [0.1, 0.15) is 40.0 Å². The quantitative estimate of drug-likeness (QED) is 0.217. The lowest BCUT2D eigenvalue weighted by Crippen LogP contribution is -2.44. The van der Waals surface area contributed by atoms with E-state index in [0.29, 0.717) is 0 Å². The van der Waals surface area contributed by atoms with Gasteiger partial charge in [0.15, 0.2) is 5.54 Å². The van der Waals surface area contributed by atoms with Crippen LogP contribution < -0.4 is 0 Å². The molecule has 26 heavy (non-hydrogen) atoms. The Bertz CT molecular complexity index is 284. The normalized spacial score (nSPS) is 12.7. The maximum absolute atomic E-state index is 9.75. The van der Waals surface area contributed by atoms with E-state index in [-0.39, 0.29) is 5.54 Å². The fourth-order valence-electron chi connectivity index (χ4n) is 1.29. The van der Waals surface area contributed by atoms with Crippen molar-refractivity contribution in [2.45, 2.75) is 45.6 Å². The maximum Gasteiger partial charge on any atom is 0.673 e. The number of halogens is 15. The minimum atomic E-state index is -6.00. The molecule has 0 fully saturated rings. The molecule has 19 heteroatoms. The maximum atomic E-state index is 9.75. The summed E-state index contributed by atoms with van der Waals surface area (Å²) >= 11 is 17.5. The van der Waals surface area contributed by atoms with Crippen molar-refractivity contribution in [3.63, 3.8) is 0 Å². The molecule has 0 aliphatic carbocycles. The first-order valence-electron chi connectivity index (χ1n) is 6.53. The lowest BCUT2D eigenvalue weighted by molar-refractivity contribution is -0.635. The highest BCUT2D eigenvalue weighted by atomic mass is 35.6. The van der Waals surface area contributed by atoms with Crippen molar-refractivity contribution in [1.29, 1.82) is 0 Å². The second kappa shape index (κ2) is 13.4. The monoisotopic (exact) mass is 479 g/mol. The van der Waals surface area contributed by atoms with Crippen LogP contribution in [0.4, 0.5) is 51.8 Å². The van der Waals surface area contributed by atoms with E-state index in [2.05, 4.69) is 0 Å². The fourth-order valence-corrected chi connectivity index (χ4v) is 2.36. The molecule has 0 aromatic rings. The number of hydrogen-bond acceptors (Lipinski definition) is 0. The molecule has 1 nitrogen and oxygen atoms in total. The lowest BCUT2D eigenvalue weighted by Gasteiger charge is -2.33.